The molecule has 0 fully saturated rings. The van der Waals surface area contributed by atoms with Crippen LogP contribution < -0.4 is 10.6 Å². The molecule has 4 nitrogen and oxygen atoms in total. The Labute approximate surface area is 138 Å². The van der Waals surface area contributed by atoms with Crippen LogP contribution in [0.3, 0.4) is 0 Å². The van der Waals surface area contributed by atoms with E-state index in [4.69, 9.17) is 5.26 Å². The van der Waals surface area contributed by atoms with Crippen LogP contribution in [-0.4, -0.2) is 18.1 Å². The molecular formula is C17H17F3N4. The van der Waals surface area contributed by atoms with Crippen LogP contribution in [0.4, 0.5) is 24.7 Å². The number of anilines is 2. The molecule has 0 spiro atoms. The molecule has 0 aliphatic rings. The van der Waals surface area contributed by atoms with E-state index in [0.29, 0.717) is 12.2 Å². The number of unbranched alkanes of at least 4 members (excludes halogenated alkanes) is 1. The predicted molar refractivity (Wildman–Crippen MR) is 86.6 cm³/mol. The second-order valence-electron chi connectivity index (χ2n) is 5.15. The Morgan fingerprint density at radius 2 is 1.79 bits per heavy atom. The number of pyridine rings is 1. The molecule has 0 saturated heterocycles. The normalized spacial score (nSPS) is 10.9. The Bertz CT molecular complexity index is 693. The summed E-state index contributed by atoms with van der Waals surface area (Å²) in [5, 5.41) is 15.2. The zero-order valence-corrected chi connectivity index (χ0v) is 12.9. The number of hydrogen-bond donors (Lipinski definition) is 2. The van der Waals surface area contributed by atoms with Crippen molar-refractivity contribution in [1.29, 1.82) is 5.26 Å². The molecule has 0 aliphatic heterocycles. The van der Waals surface area contributed by atoms with Crippen LogP contribution >= 0.6 is 0 Å². The smallest absolute Gasteiger partial charge is 0.384 e. The highest BCUT2D eigenvalue weighted by Crippen LogP contribution is 2.31. The average Bonchev–Trinajstić information content (AvgIpc) is 2.58. The molecule has 126 valence electrons. The third-order valence-electron chi connectivity index (χ3n) is 3.36. The molecule has 2 aromatic rings. The van der Waals surface area contributed by atoms with Crippen LogP contribution in [0.5, 0.6) is 0 Å². The molecule has 0 atom stereocenters. The molecule has 24 heavy (non-hydrogen) atoms. The number of alkyl halides is 3. The van der Waals surface area contributed by atoms with Crippen LogP contribution in [0.15, 0.2) is 42.6 Å². The van der Waals surface area contributed by atoms with Crippen molar-refractivity contribution in [3.63, 3.8) is 0 Å². The van der Waals surface area contributed by atoms with Gasteiger partial charge in [-0.25, -0.2) is 4.98 Å². The summed E-state index contributed by atoms with van der Waals surface area (Å²) in [5.74, 6) is 0.806. The Morgan fingerprint density at radius 3 is 2.42 bits per heavy atom. The largest absolute Gasteiger partial charge is 0.416 e. The second kappa shape index (κ2) is 8.20. The number of halogens is 3. The van der Waals surface area contributed by atoms with Gasteiger partial charge in [0, 0.05) is 19.3 Å². The van der Waals surface area contributed by atoms with Crippen molar-refractivity contribution in [2.24, 2.45) is 0 Å². The molecule has 0 aliphatic carbocycles. The van der Waals surface area contributed by atoms with Crippen LogP contribution in [0.2, 0.25) is 0 Å². The second-order valence-corrected chi connectivity index (χ2v) is 5.15. The van der Waals surface area contributed by atoms with E-state index in [1.165, 1.54) is 6.07 Å². The fraction of sp³-hybridized carbons (Fsp3) is 0.294. The summed E-state index contributed by atoms with van der Waals surface area (Å²) < 4.78 is 37.9. The van der Waals surface area contributed by atoms with Crippen molar-refractivity contribution in [3.05, 3.63) is 53.7 Å². The lowest BCUT2D eigenvalue weighted by Gasteiger charge is -2.12. The summed E-state index contributed by atoms with van der Waals surface area (Å²) in [5.41, 5.74) is -0.399. The fourth-order valence-corrected chi connectivity index (χ4v) is 2.12. The van der Waals surface area contributed by atoms with E-state index in [1.54, 1.807) is 12.3 Å². The molecule has 1 heterocycles. The van der Waals surface area contributed by atoms with Gasteiger partial charge in [0.2, 0.25) is 0 Å². The summed E-state index contributed by atoms with van der Waals surface area (Å²) in [6.07, 6.45) is -1.06. The Kier molecular flexibility index (Phi) is 6.01. The number of benzene rings is 1. The van der Waals surface area contributed by atoms with Gasteiger partial charge in [-0.3, -0.25) is 0 Å². The van der Waals surface area contributed by atoms with Crippen LogP contribution in [-0.2, 0) is 6.18 Å². The number of nitrogens with one attached hydrogen (secondary N) is 2. The van der Waals surface area contributed by atoms with Crippen molar-refractivity contribution < 1.29 is 13.2 Å². The third-order valence-corrected chi connectivity index (χ3v) is 3.36. The zero-order valence-electron chi connectivity index (χ0n) is 12.9. The number of hydrogen-bond acceptors (Lipinski definition) is 4. The first-order chi connectivity index (χ1) is 11.5. The lowest BCUT2D eigenvalue weighted by atomic mass is 10.1. The minimum atomic E-state index is -4.44. The number of aromatic nitrogens is 1. The standard InChI is InChI=1S/C17H17F3N4/c18-17(19,20)14-6-7-15(13(11-14)12-21)22-8-3-4-10-24-16-5-1-2-9-23-16/h1-2,5-7,9,11,22H,3-4,8,10H2,(H,23,24). The molecule has 0 amide bonds. The lowest BCUT2D eigenvalue weighted by Crippen LogP contribution is -2.09. The first-order valence-electron chi connectivity index (χ1n) is 7.51. The van der Waals surface area contributed by atoms with Crippen molar-refractivity contribution in [3.8, 4) is 6.07 Å². The highest BCUT2D eigenvalue weighted by atomic mass is 19.4. The van der Waals surface area contributed by atoms with Gasteiger partial charge in [0.25, 0.3) is 0 Å². The molecule has 7 heteroatoms. The first-order valence-corrected chi connectivity index (χ1v) is 7.51. The summed E-state index contributed by atoms with van der Waals surface area (Å²) in [4.78, 5) is 4.14. The van der Waals surface area contributed by atoms with Crippen LogP contribution in [0, 0.1) is 11.3 Å². The Morgan fingerprint density at radius 1 is 1.04 bits per heavy atom. The van der Waals surface area contributed by atoms with Gasteiger partial charge in [-0.2, -0.15) is 18.4 Å². The average molecular weight is 334 g/mol. The van der Waals surface area contributed by atoms with Gasteiger partial charge in [0.05, 0.1) is 16.8 Å². The van der Waals surface area contributed by atoms with E-state index in [9.17, 15) is 13.2 Å². The van der Waals surface area contributed by atoms with Gasteiger partial charge >= 0.3 is 6.18 Å². The van der Waals surface area contributed by atoms with Crippen molar-refractivity contribution in [1.82, 2.24) is 4.98 Å². The minimum Gasteiger partial charge on any atom is -0.384 e. The van der Waals surface area contributed by atoms with Gasteiger partial charge in [-0.1, -0.05) is 6.07 Å². The van der Waals surface area contributed by atoms with Gasteiger partial charge in [0.15, 0.2) is 0 Å². The fourth-order valence-electron chi connectivity index (χ4n) is 2.12. The summed E-state index contributed by atoms with van der Waals surface area (Å²) in [6.45, 7) is 1.32. The molecule has 2 N–H and O–H groups in total. The Balaban J connectivity index is 1.77. The molecule has 0 unspecified atom stereocenters. The quantitative estimate of drug-likeness (QED) is 0.742. The summed E-state index contributed by atoms with van der Waals surface area (Å²) >= 11 is 0. The summed E-state index contributed by atoms with van der Waals surface area (Å²) in [7, 11) is 0. The van der Waals surface area contributed by atoms with E-state index in [0.717, 1.165) is 37.3 Å². The van der Waals surface area contributed by atoms with E-state index in [2.05, 4.69) is 15.6 Å². The maximum absolute atomic E-state index is 12.6. The molecule has 1 aromatic heterocycles. The molecule has 1 aromatic carbocycles. The van der Waals surface area contributed by atoms with E-state index < -0.39 is 11.7 Å². The monoisotopic (exact) mass is 334 g/mol. The van der Waals surface area contributed by atoms with E-state index >= 15 is 0 Å². The maximum atomic E-state index is 12.6. The van der Waals surface area contributed by atoms with Gasteiger partial charge in [0.1, 0.15) is 11.9 Å². The lowest BCUT2D eigenvalue weighted by molar-refractivity contribution is -0.137. The SMILES string of the molecule is N#Cc1cc(C(F)(F)F)ccc1NCCCCNc1ccccn1. The van der Waals surface area contributed by atoms with Crippen LogP contribution in [0.1, 0.15) is 24.0 Å². The van der Waals surface area contributed by atoms with Crippen molar-refractivity contribution in [2.45, 2.75) is 19.0 Å². The Hall–Kier alpha value is -2.75. The third kappa shape index (κ3) is 5.16. The van der Waals surface area contributed by atoms with Crippen molar-refractivity contribution in [2.75, 3.05) is 23.7 Å². The van der Waals surface area contributed by atoms with Gasteiger partial charge in [-0.15, -0.1) is 0 Å². The number of nitrogens with zero attached hydrogens (tertiary/aromatic N) is 2. The highest BCUT2D eigenvalue weighted by molar-refractivity contribution is 5.58. The van der Waals surface area contributed by atoms with Gasteiger partial charge in [-0.05, 0) is 43.2 Å². The van der Waals surface area contributed by atoms with E-state index in [-0.39, 0.29) is 5.56 Å². The highest BCUT2D eigenvalue weighted by Gasteiger charge is 2.30. The van der Waals surface area contributed by atoms with E-state index in [1.807, 2.05) is 18.2 Å². The zero-order chi connectivity index (χ0) is 17.4. The van der Waals surface area contributed by atoms with Crippen LogP contribution in [0.25, 0.3) is 0 Å². The topological polar surface area (TPSA) is 60.7 Å². The molecule has 0 bridgehead atoms. The van der Waals surface area contributed by atoms with Crippen molar-refractivity contribution >= 4 is 11.5 Å². The minimum absolute atomic E-state index is 0.00330. The maximum Gasteiger partial charge on any atom is 0.416 e. The number of rotatable bonds is 7. The van der Waals surface area contributed by atoms with Gasteiger partial charge < -0.3 is 10.6 Å². The predicted octanol–water partition coefficient (Wildman–Crippen LogP) is 4.28. The molecule has 0 saturated carbocycles. The molecular weight excluding hydrogens is 317 g/mol. The molecule has 2 rings (SSSR count). The first kappa shape index (κ1) is 17.6. The number of nitriles is 1. The molecule has 0 radical (unpaired) electrons. The summed E-state index contributed by atoms with van der Waals surface area (Å²) in [6, 6.07) is 10.5.